The predicted octanol–water partition coefficient (Wildman–Crippen LogP) is 2.93. The molecule has 1 N–H and O–H groups in total. The normalized spacial score (nSPS) is 19.1. The number of nitrogens with one attached hydrogen (secondary N) is 1. The first kappa shape index (κ1) is 13.3. The maximum absolute atomic E-state index is 12.8. The van der Waals surface area contributed by atoms with Crippen molar-refractivity contribution < 1.29 is 4.79 Å². The maximum Gasteiger partial charge on any atom is 0.255 e. The molecule has 104 valence electrons. The van der Waals surface area contributed by atoms with Crippen LogP contribution in [0.3, 0.4) is 0 Å². The minimum absolute atomic E-state index is 0.00847. The summed E-state index contributed by atoms with van der Waals surface area (Å²) in [6, 6.07) is 7.51. The third-order valence-electron chi connectivity index (χ3n) is 3.62. The van der Waals surface area contributed by atoms with Crippen LogP contribution in [0.1, 0.15) is 41.5 Å². The molecule has 0 saturated carbocycles. The number of nitrogens with zero attached hydrogens (tertiary/aromatic N) is 3. The molecule has 1 aliphatic heterocycles. The average Bonchev–Trinajstić information content (AvgIpc) is 3.01. The van der Waals surface area contributed by atoms with E-state index in [1.807, 2.05) is 29.2 Å². The summed E-state index contributed by atoms with van der Waals surface area (Å²) in [5.74, 6) is 0.809. The molecule has 20 heavy (non-hydrogen) atoms. The Bertz CT molecular complexity index is 599. The van der Waals surface area contributed by atoms with Crippen molar-refractivity contribution in [1.82, 2.24) is 20.1 Å². The molecule has 1 saturated heterocycles. The second-order valence-electron chi connectivity index (χ2n) is 4.86. The molecule has 1 aromatic carbocycles. The molecule has 1 aliphatic rings. The lowest BCUT2D eigenvalue weighted by Crippen LogP contribution is -2.39. The standard InChI is InChI=1S/C14H15BrN4O/c15-11-6-2-1-5-10(11)14(20)19-8-4-3-7-12(19)13-16-9-17-18-13/h1-2,5-6,9,12H,3-4,7-8H2,(H,16,17,18)/t12-/m0/s1. The summed E-state index contributed by atoms with van der Waals surface area (Å²) in [7, 11) is 0. The van der Waals surface area contributed by atoms with E-state index in [-0.39, 0.29) is 11.9 Å². The highest BCUT2D eigenvalue weighted by molar-refractivity contribution is 9.10. The van der Waals surface area contributed by atoms with Crippen LogP contribution in [0, 0.1) is 0 Å². The quantitative estimate of drug-likeness (QED) is 0.918. The molecular formula is C14H15BrN4O. The summed E-state index contributed by atoms with van der Waals surface area (Å²) in [6.45, 7) is 0.755. The molecule has 2 heterocycles. The number of piperidine rings is 1. The van der Waals surface area contributed by atoms with Crippen molar-refractivity contribution in [2.45, 2.75) is 25.3 Å². The van der Waals surface area contributed by atoms with E-state index in [1.54, 1.807) is 0 Å². The zero-order valence-electron chi connectivity index (χ0n) is 10.9. The Morgan fingerprint density at radius 2 is 2.20 bits per heavy atom. The molecule has 0 aliphatic carbocycles. The largest absolute Gasteiger partial charge is 0.328 e. The van der Waals surface area contributed by atoms with E-state index in [2.05, 4.69) is 31.1 Å². The number of halogens is 1. The number of carbonyl (C=O) groups excluding carboxylic acids is 1. The van der Waals surface area contributed by atoms with Crippen LogP contribution in [0.4, 0.5) is 0 Å². The molecule has 0 bridgehead atoms. The molecule has 0 unspecified atom stereocenters. The van der Waals surface area contributed by atoms with Crippen LogP contribution in [0.5, 0.6) is 0 Å². The number of aromatic nitrogens is 3. The smallest absolute Gasteiger partial charge is 0.255 e. The summed E-state index contributed by atoms with van der Waals surface area (Å²) in [5, 5.41) is 6.79. The Hall–Kier alpha value is -1.69. The minimum atomic E-state index is -0.00847. The van der Waals surface area contributed by atoms with Gasteiger partial charge in [-0.05, 0) is 47.3 Å². The van der Waals surface area contributed by atoms with E-state index >= 15 is 0 Å². The first-order valence-corrected chi connectivity index (χ1v) is 7.47. The third-order valence-corrected chi connectivity index (χ3v) is 4.31. The number of rotatable bonds is 2. The van der Waals surface area contributed by atoms with E-state index < -0.39 is 0 Å². The number of amides is 1. The number of benzene rings is 1. The Labute approximate surface area is 125 Å². The van der Waals surface area contributed by atoms with Crippen LogP contribution >= 0.6 is 15.9 Å². The van der Waals surface area contributed by atoms with Crippen LogP contribution in [0.25, 0.3) is 0 Å². The van der Waals surface area contributed by atoms with Crippen LogP contribution in [-0.2, 0) is 0 Å². The van der Waals surface area contributed by atoms with Gasteiger partial charge in [0.1, 0.15) is 12.2 Å². The van der Waals surface area contributed by atoms with E-state index in [9.17, 15) is 4.79 Å². The fourth-order valence-electron chi connectivity index (χ4n) is 2.62. The molecule has 3 rings (SSSR count). The van der Waals surface area contributed by atoms with Gasteiger partial charge < -0.3 is 4.90 Å². The van der Waals surface area contributed by atoms with E-state index in [1.165, 1.54) is 6.33 Å². The highest BCUT2D eigenvalue weighted by atomic mass is 79.9. The summed E-state index contributed by atoms with van der Waals surface area (Å²) in [5.41, 5.74) is 0.693. The van der Waals surface area contributed by atoms with Crippen LogP contribution in [0.15, 0.2) is 35.1 Å². The van der Waals surface area contributed by atoms with Gasteiger partial charge in [0.15, 0.2) is 0 Å². The molecule has 1 atom stereocenters. The number of likely N-dealkylation sites (tertiary alicyclic amines) is 1. The zero-order chi connectivity index (χ0) is 13.9. The first-order valence-electron chi connectivity index (χ1n) is 6.68. The highest BCUT2D eigenvalue weighted by Crippen LogP contribution is 2.31. The van der Waals surface area contributed by atoms with Crippen LogP contribution in [0.2, 0.25) is 0 Å². The number of H-pyrrole nitrogens is 1. The number of aromatic amines is 1. The van der Waals surface area contributed by atoms with Gasteiger partial charge >= 0.3 is 0 Å². The van der Waals surface area contributed by atoms with Gasteiger partial charge in [-0.2, -0.15) is 5.10 Å². The molecular weight excluding hydrogens is 320 g/mol. The molecule has 0 spiro atoms. The lowest BCUT2D eigenvalue weighted by atomic mass is 10.00. The Morgan fingerprint density at radius 1 is 1.35 bits per heavy atom. The van der Waals surface area contributed by atoms with Crippen molar-refractivity contribution in [2.75, 3.05) is 6.54 Å². The van der Waals surface area contributed by atoms with E-state index in [4.69, 9.17) is 0 Å². The molecule has 6 heteroatoms. The molecule has 1 amide bonds. The van der Waals surface area contributed by atoms with Crippen molar-refractivity contribution in [3.63, 3.8) is 0 Å². The fraction of sp³-hybridized carbons (Fsp3) is 0.357. The van der Waals surface area contributed by atoms with Gasteiger partial charge in [0.05, 0.1) is 11.6 Å². The van der Waals surface area contributed by atoms with E-state index in [0.29, 0.717) is 5.56 Å². The average molecular weight is 335 g/mol. The van der Waals surface area contributed by atoms with Gasteiger partial charge in [-0.1, -0.05) is 12.1 Å². The monoisotopic (exact) mass is 334 g/mol. The van der Waals surface area contributed by atoms with E-state index in [0.717, 1.165) is 36.1 Å². The second kappa shape index (κ2) is 5.75. The summed E-state index contributed by atoms with van der Waals surface area (Å²) < 4.78 is 0.826. The first-order chi connectivity index (χ1) is 9.77. The zero-order valence-corrected chi connectivity index (χ0v) is 12.5. The third kappa shape index (κ3) is 2.47. The van der Waals surface area contributed by atoms with Crippen molar-refractivity contribution in [3.05, 3.63) is 46.5 Å². The van der Waals surface area contributed by atoms with Crippen LogP contribution < -0.4 is 0 Å². The number of hydrogen-bond donors (Lipinski definition) is 1. The molecule has 5 nitrogen and oxygen atoms in total. The SMILES string of the molecule is O=C(c1ccccc1Br)N1CCCC[C@H]1c1ncn[nH]1. The second-order valence-corrected chi connectivity index (χ2v) is 5.72. The summed E-state index contributed by atoms with van der Waals surface area (Å²) in [4.78, 5) is 18.9. The number of carbonyl (C=O) groups is 1. The van der Waals surface area contributed by atoms with Gasteiger partial charge in [0, 0.05) is 11.0 Å². The Balaban J connectivity index is 1.90. The highest BCUT2D eigenvalue weighted by Gasteiger charge is 2.31. The fourth-order valence-corrected chi connectivity index (χ4v) is 3.08. The minimum Gasteiger partial charge on any atom is -0.328 e. The van der Waals surface area contributed by atoms with Crippen molar-refractivity contribution >= 4 is 21.8 Å². The van der Waals surface area contributed by atoms with Crippen LogP contribution in [-0.4, -0.2) is 32.5 Å². The van der Waals surface area contributed by atoms with Gasteiger partial charge in [0.25, 0.3) is 5.91 Å². The van der Waals surface area contributed by atoms with Crippen molar-refractivity contribution in [1.29, 1.82) is 0 Å². The summed E-state index contributed by atoms with van der Waals surface area (Å²) in [6.07, 6.45) is 4.54. The molecule has 1 aromatic heterocycles. The Kier molecular flexibility index (Phi) is 3.82. The lowest BCUT2D eigenvalue weighted by Gasteiger charge is -2.34. The van der Waals surface area contributed by atoms with Crippen molar-refractivity contribution in [2.24, 2.45) is 0 Å². The summed E-state index contributed by atoms with van der Waals surface area (Å²) >= 11 is 3.45. The molecule has 0 radical (unpaired) electrons. The molecule has 1 fully saturated rings. The van der Waals surface area contributed by atoms with Gasteiger partial charge in [-0.3, -0.25) is 9.89 Å². The lowest BCUT2D eigenvalue weighted by molar-refractivity contribution is 0.0599. The maximum atomic E-state index is 12.8. The van der Waals surface area contributed by atoms with Gasteiger partial charge in [-0.25, -0.2) is 4.98 Å². The van der Waals surface area contributed by atoms with Crippen molar-refractivity contribution in [3.8, 4) is 0 Å². The Morgan fingerprint density at radius 3 is 2.95 bits per heavy atom. The van der Waals surface area contributed by atoms with Gasteiger partial charge in [0.2, 0.25) is 0 Å². The van der Waals surface area contributed by atoms with Gasteiger partial charge in [-0.15, -0.1) is 0 Å². The topological polar surface area (TPSA) is 61.9 Å². The predicted molar refractivity (Wildman–Crippen MR) is 78.2 cm³/mol. The number of hydrogen-bond acceptors (Lipinski definition) is 3. The molecule has 2 aromatic rings.